The molecule has 2 amide bonds. The lowest BCUT2D eigenvalue weighted by atomic mass is 9.86. The third-order valence-electron chi connectivity index (χ3n) is 7.48. The standard InChI is InChI=1S/C33H39N5O6S/c1-33(2,3)21-16-28(31(43-4)29(17-21)37-45(5,41)42)36-32(40)35-27-10-11-30(26-9-7-6-8-25(26)27)44-24-12-14-34-22(18-24)19-38-15-13-23(39)20-38/h6-12,14,16-18,23,37,39H,13,15,19-20H2,1-5H3,(H2,35,36,40)/t23-/m0/s1. The number of urea groups is 1. The SMILES string of the molecule is COc1c(NC(=O)Nc2ccc(Oc3ccnc(CN4CC[C@H](O)C4)c3)c3ccccc23)cc(C(C)(C)C)cc1NS(C)(=O)=O. The van der Waals surface area contributed by atoms with Crippen molar-refractivity contribution >= 4 is 43.9 Å². The number of sulfonamides is 1. The minimum Gasteiger partial charge on any atom is -0.492 e. The van der Waals surface area contributed by atoms with Crippen molar-refractivity contribution in [2.45, 2.75) is 45.3 Å². The maximum absolute atomic E-state index is 13.4. The zero-order valence-corrected chi connectivity index (χ0v) is 26.9. The van der Waals surface area contributed by atoms with Crippen LogP contribution in [0.25, 0.3) is 10.8 Å². The Labute approximate surface area is 263 Å². The summed E-state index contributed by atoms with van der Waals surface area (Å²) < 4.78 is 38.5. The molecule has 11 nitrogen and oxygen atoms in total. The zero-order chi connectivity index (χ0) is 32.4. The fraction of sp³-hybridized carbons (Fsp3) is 0.333. The highest BCUT2D eigenvalue weighted by atomic mass is 32.2. The minimum absolute atomic E-state index is 0.190. The molecule has 4 aromatic rings. The van der Waals surface area contributed by atoms with E-state index in [4.69, 9.17) is 9.47 Å². The van der Waals surface area contributed by atoms with Crippen LogP contribution in [0.3, 0.4) is 0 Å². The number of ether oxygens (including phenoxy) is 2. The lowest BCUT2D eigenvalue weighted by Gasteiger charge is -2.24. The molecular weight excluding hydrogens is 594 g/mol. The van der Waals surface area contributed by atoms with Crippen molar-refractivity contribution in [1.82, 2.24) is 9.88 Å². The van der Waals surface area contributed by atoms with Gasteiger partial charge >= 0.3 is 6.03 Å². The van der Waals surface area contributed by atoms with Crippen molar-refractivity contribution in [2.24, 2.45) is 0 Å². The number of rotatable bonds is 9. The summed E-state index contributed by atoms with van der Waals surface area (Å²) in [5.41, 5.74) is 2.40. The first-order valence-corrected chi connectivity index (χ1v) is 16.5. The molecule has 2 heterocycles. The number of fused-ring (bicyclic) bond motifs is 1. The average molecular weight is 634 g/mol. The van der Waals surface area contributed by atoms with Crippen LogP contribution in [0.5, 0.6) is 17.2 Å². The molecule has 0 unspecified atom stereocenters. The summed E-state index contributed by atoms with van der Waals surface area (Å²) in [5.74, 6) is 1.43. The number of nitrogens with zero attached hydrogens (tertiary/aromatic N) is 2. The molecule has 1 aromatic heterocycles. The summed E-state index contributed by atoms with van der Waals surface area (Å²) in [4.78, 5) is 20.0. The maximum atomic E-state index is 13.4. The fourth-order valence-corrected chi connectivity index (χ4v) is 5.86. The summed E-state index contributed by atoms with van der Waals surface area (Å²) in [5, 5.41) is 17.2. The summed E-state index contributed by atoms with van der Waals surface area (Å²) in [7, 11) is -2.20. The van der Waals surface area contributed by atoms with Gasteiger partial charge < -0.3 is 25.2 Å². The van der Waals surface area contributed by atoms with E-state index in [1.807, 2.05) is 51.1 Å². The largest absolute Gasteiger partial charge is 0.492 e. The molecule has 45 heavy (non-hydrogen) atoms. The van der Waals surface area contributed by atoms with E-state index in [0.29, 0.717) is 36.0 Å². The van der Waals surface area contributed by atoms with Gasteiger partial charge in [0.05, 0.1) is 42.2 Å². The average Bonchev–Trinajstić information content (AvgIpc) is 3.37. The van der Waals surface area contributed by atoms with E-state index >= 15 is 0 Å². The number of aliphatic hydroxyl groups is 1. The quantitative estimate of drug-likeness (QED) is 0.178. The van der Waals surface area contributed by atoms with Crippen LogP contribution in [-0.4, -0.2) is 62.0 Å². The molecule has 0 aliphatic carbocycles. The number of aliphatic hydroxyl groups excluding tert-OH is 1. The molecule has 0 bridgehead atoms. The Morgan fingerprint density at radius 3 is 2.40 bits per heavy atom. The van der Waals surface area contributed by atoms with E-state index in [1.54, 1.807) is 36.5 Å². The topological polar surface area (TPSA) is 142 Å². The van der Waals surface area contributed by atoms with Gasteiger partial charge in [-0.3, -0.25) is 14.6 Å². The summed E-state index contributed by atoms with van der Waals surface area (Å²) in [6.07, 6.45) is 3.23. The van der Waals surface area contributed by atoms with Gasteiger partial charge in [0.15, 0.2) is 5.75 Å². The molecule has 4 N–H and O–H groups in total. The number of carbonyl (C=O) groups is 1. The van der Waals surface area contributed by atoms with Crippen LogP contribution in [0.15, 0.2) is 66.9 Å². The molecule has 1 fully saturated rings. The van der Waals surface area contributed by atoms with Crippen molar-refractivity contribution in [2.75, 3.05) is 41.8 Å². The molecule has 0 radical (unpaired) electrons. The number of hydrogen-bond donors (Lipinski definition) is 4. The van der Waals surface area contributed by atoms with Crippen LogP contribution in [-0.2, 0) is 22.0 Å². The number of carbonyl (C=O) groups excluding carboxylic acids is 1. The van der Waals surface area contributed by atoms with Crippen molar-refractivity contribution in [3.63, 3.8) is 0 Å². The Balaban J connectivity index is 1.38. The highest BCUT2D eigenvalue weighted by Gasteiger charge is 2.23. The highest BCUT2D eigenvalue weighted by Crippen LogP contribution is 2.40. The molecule has 1 aliphatic rings. The van der Waals surface area contributed by atoms with E-state index in [9.17, 15) is 18.3 Å². The van der Waals surface area contributed by atoms with Gasteiger partial charge in [0.25, 0.3) is 0 Å². The third kappa shape index (κ3) is 8.01. The van der Waals surface area contributed by atoms with Crippen LogP contribution < -0.4 is 24.8 Å². The molecule has 5 rings (SSSR count). The number of likely N-dealkylation sites (tertiary alicyclic amines) is 1. The second-order valence-corrected chi connectivity index (χ2v) is 14.0. The van der Waals surface area contributed by atoms with Gasteiger partial charge in [-0.25, -0.2) is 13.2 Å². The first-order valence-electron chi connectivity index (χ1n) is 14.6. The van der Waals surface area contributed by atoms with Gasteiger partial charge in [0.2, 0.25) is 10.0 Å². The lowest BCUT2D eigenvalue weighted by Crippen LogP contribution is -2.22. The Morgan fingerprint density at radius 2 is 1.73 bits per heavy atom. The van der Waals surface area contributed by atoms with Crippen molar-refractivity contribution in [3.05, 3.63) is 78.1 Å². The number of benzene rings is 3. The summed E-state index contributed by atoms with van der Waals surface area (Å²) in [6.45, 7) is 8.06. The molecule has 3 aromatic carbocycles. The van der Waals surface area contributed by atoms with Gasteiger partial charge in [0, 0.05) is 42.7 Å². The molecule has 1 aliphatic heterocycles. The summed E-state index contributed by atoms with van der Waals surface area (Å²) >= 11 is 0. The Kier molecular flexibility index (Phi) is 9.19. The van der Waals surface area contributed by atoms with Crippen LogP contribution in [0.1, 0.15) is 38.4 Å². The molecule has 1 atom stereocenters. The number of amides is 2. The highest BCUT2D eigenvalue weighted by molar-refractivity contribution is 7.92. The van der Waals surface area contributed by atoms with Crippen LogP contribution in [0, 0.1) is 0 Å². The molecule has 1 saturated heterocycles. The van der Waals surface area contributed by atoms with Crippen molar-refractivity contribution < 1.29 is 27.8 Å². The predicted octanol–water partition coefficient (Wildman–Crippen LogP) is 5.92. The fourth-order valence-electron chi connectivity index (χ4n) is 5.31. The van der Waals surface area contributed by atoms with Gasteiger partial charge in [-0.2, -0.15) is 0 Å². The maximum Gasteiger partial charge on any atom is 0.323 e. The van der Waals surface area contributed by atoms with Crippen LogP contribution >= 0.6 is 0 Å². The number of aromatic nitrogens is 1. The molecule has 238 valence electrons. The number of methoxy groups -OCH3 is 1. The number of pyridine rings is 1. The number of nitrogens with one attached hydrogen (secondary N) is 3. The minimum atomic E-state index is -3.61. The number of anilines is 3. The first kappa shape index (κ1) is 32.0. The molecule has 12 heteroatoms. The molecular formula is C33H39N5O6S. The summed E-state index contributed by atoms with van der Waals surface area (Å²) in [6, 6.07) is 17.8. The zero-order valence-electron chi connectivity index (χ0n) is 26.0. The Morgan fingerprint density at radius 1 is 1.02 bits per heavy atom. The normalized spacial score (nSPS) is 15.6. The molecule has 0 spiro atoms. The van der Waals surface area contributed by atoms with Gasteiger partial charge in [-0.15, -0.1) is 0 Å². The second-order valence-electron chi connectivity index (χ2n) is 12.2. The van der Waals surface area contributed by atoms with E-state index in [-0.39, 0.29) is 23.0 Å². The Bertz CT molecular complexity index is 1820. The monoisotopic (exact) mass is 633 g/mol. The van der Waals surface area contributed by atoms with Crippen LogP contribution in [0.2, 0.25) is 0 Å². The van der Waals surface area contributed by atoms with E-state index < -0.39 is 16.1 Å². The van der Waals surface area contributed by atoms with Gasteiger partial charge in [0.1, 0.15) is 11.5 Å². The number of hydrogen-bond acceptors (Lipinski definition) is 8. The Hall–Kier alpha value is -4.39. The molecule has 0 saturated carbocycles. The van der Waals surface area contributed by atoms with Crippen LogP contribution in [0.4, 0.5) is 21.9 Å². The smallest absolute Gasteiger partial charge is 0.323 e. The van der Waals surface area contributed by atoms with Gasteiger partial charge in [-0.1, -0.05) is 45.0 Å². The van der Waals surface area contributed by atoms with E-state index in [2.05, 4.69) is 25.2 Å². The second kappa shape index (κ2) is 12.9. The lowest BCUT2D eigenvalue weighted by molar-refractivity contribution is 0.174. The first-order chi connectivity index (χ1) is 21.3. The predicted molar refractivity (Wildman–Crippen MR) is 177 cm³/mol. The number of β-amino-alcohol motifs (C(OH)–C–C–N with tert-alkyl or cyclic N) is 1. The van der Waals surface area contributed by atoms with Crippen molar-refractivity contribution in [1.29, 1.82) is 0 Å². The third-order valence-corrected chi connectivity index (χ3v) is 8.07. The van der Waals surface area contributed by atoms with Crippen molar-refractivity contribution in [3.8, 4) is 17.2 Å². The van der Waals surface area contributed by atoms with E-state index in [0.717, 1.165) is 41.3 Å². The van der Waals surface area contributed by atoms with E-state index in [1.165, 1.54) is 7.11 Å². The van der Waals surface area contributed by atoms with Gasteiger partial charge in [-0.05, 0) is 47.7 Å².